The number of halogens is 1. The van der Waals surface area contributed by atoms with Crippen molar-refractivity contribution in [1.29, 1.82) is 0 Å². The number of likely N-dealkylation sites (N-methyl/N-ethyl adjacent to an activating group) is 1. The van der Waals surface area contributed by atoms with Gasteiger partial charge in [-0.15, -0.1) is 0 Å². The summed E-state index contributed by atoms with van der Waals surface area (Å²) in [5.74, 6) is -0.329. The average molecular weight is 266 g/mol. The molecule has 0 radical (unpaired) electrons. The van der Waals surface area contributed by atoms with Crippen molar-refractivity contribution in [2.75, 3.05) is 31.6 Å². The van der Waals surface area contributed by atoms with Crippen LogP contribution in [0.3, 0.4) is 0 Å². The first-order valence-corrected chi connectivity index (χ1v) is 6.75. The van der Waals surface area contributed by atoms with Gasteiger partial charge in [0.2, 0.25) is 0 Å². The van der Waals surface area contributed by atoms with Crippen molar-refractivity contribution in [2.45, 2.75) is 32.4 Å². The Morgan fingerprint density at radius 2 is 2.00 bits per heavy atom. The van der Waals surface area contributed by atoms with Crippen LogP contribution in [0, 0.1) is 5.82 Å². The van der Waals surface area contributed by atoms with Crippen molar-refractivity contribution < 1.29 is 9.50 Å². The number of anilines is 1. The summed E-state index contributed by atoms with van der Waals surface area (Å²) in [6, 6.07) is 5.02. The number of hydrogen-bond donors (Lipinski definition) is 1. The quantitative estimate of drug-likeness (QED) is 0.890. The van der Waals surface area contributed by atoms with Crippen LogP contribution < -0.4 is 4.90 Å². The van der Waals surface area contributed by atoms with Gasteiger partial charge in [0.15, 0.2) is 0 Å². The number of aliphatic hydroxyl groups is 1. The fourth-order valence-corrected chi connectivity index (χ4v) is 2.66. The van der Waals surface area contributed by atoms with Crippen LogP contribution in [0.15, 0.2) is 18.2 Å². The largest absolute Gasteiger partial charge is 0.389 e. The van der Waals surface area contributed by atoms with Gasteiger partial charge in [0, 0.05) is 36.4 Å². The summed E-state index contributed by atoms with van der Waals surface area (Å²) in [5, 5.41) is 9.82. The standard InChI is InChI=1S/C15H23FN2O/c1-11(19)14-12(16)6-5-7-13(14)18-9-8-17(4)15(2,3)10-18/h5-7,11,19H,8-10H2,1-4H3/t11-/m1/s1. The van der Waals surface area contributed by atoms with Crippen LogP contribution in [0.25, 0.3) is 0 Å². The third-order valence-corrected chi connectivity index (χ3v) is 4.10. The molecule has 19 heavy (non-hydrogen) atoms. The van der Waals surface area contributed by atoms with Crippen molar-refractivity contribution in [1.82, 2.24) is 4.90 Å². The molecule has 3 nitrogen and oxygen atoms in total. The molecule has 106 valence electrons. The second kappa shape index (κ2) is 5.10. The van der Waals surface area contributed by atoms with Crippen LogP contribution in [0.4, 0.5) is 10.1 Å². The van der Waals surface area contributed by atoms with Gasteiger partial charge >= 0.3 is 0 Å². The maximum absolute atomic E-state index is 13.9. The molecule has 1 fully saturated rings. The Morgan fingerprint density at radius 1 is 1.32 bits per heavy atom. The fourth-order valence-electron chi connectivity index (χ4n) is 2.66. The van der Waals surface area contributed by atoms with E-state index < -0.39 is 6.10 Å². The highest BCUT2D eigenvalue weighted by molar-refractivity contribution is 5.56. The average Bonchev–Trinajstić information content (AvgIpc) is 2.31. The van der Waals surface area contributed by atoms with Gasteiger partial charge in [-0.05, 0) is 40.0 Å². The molecule has 1 heterocycles. The molecule has 0 unspecified atom stereocenters. The Labute approximate surface area is 114 Å². The van der Waals surface area contributed by atoms with Gasteiger partial charge in [-0.3, -0.25) is 4.90 Å². The van der Waals surface area contributed by atoms with E-state index in [1.54, 1.807) is 13.0 Å². The molecule has 4 heteroatoms. The van der Waals surface area contributed by atoms with Crippen LogP contribution in [0.5, 0.6) is 0 Å². The molecule has 1 atom stereocenters. The molecule has 0 aliphatic carbocycles. The van der Waals surface area contributed by atoms with E-state index in [2.05, 4.69) is 30.7 Å². The van der Waals surface area contributed by atoms with E-state index in [0.29, 0.717) is 5.56 Å². The Hall–Kier alpha value is -1.13. The van der Waals surface area contributed by atoms with Crippen LogP contribution >= 0.6 is 0 Å². The van der Waals surface area contributed by atoms with Crippen molar-refractivity contribution in [3.05, 3.63) is 29.6 Å². The van der Waals surface area contributed by atoms with Gasteiger partial charge < -0.3 is 10.0 Å². The summed E-state index contributed by atoms with van der Waals surface area (Å²) in [4.78, 5) is 4.48. The number of aliphatic hydroxyl groups excluding tert-OH is 1. The first kappa shape index (κ1) is 14.3. The highest BCUT2D eigenvalue weighted by Crippen LogP contribution is 2.32. The number of benzene rings is 1. The highest BCUT2D eigenvalue weighted by Gasteiger charge is 2.32. The number of rotatable bonds is 2. The first-order valence-electron chi connectivity index (χ1n) is 6.75. The van der Waals surface area contributed by atoms with Crippen LogP contribution in [0.2, 0.25) is 0 Å². The summed E-state index contributed by atoms with van der Waals surface area (Å²) in [6.45, 7) is 8.59. The third kappa shape index (κ3) is 2.74. The van der Waals surface area contributed by atoms with Gasteiger partial charge in [0.1, 0.15) is 5.82 Å². The summed E-state index contributed by atoms with van der Waals surface area (Å²) in [6.07, 6.45) is -0.793. The lowest BCUT2D eigenvalue weighted by Gasteiger charge is -2.46. The van der Waals surface area contributed by atoms with E-state index >= 15 is 0 Å². The molecule has 1 N–H and O–H groups in total. The Bertz CT molecular complexity index is 459. The Morgan fingerprint density at radius 3 is 2.58 bits per heavy atom. The van der Waals surface area contributed by atoms with E-state index in [-0.39, 0.29) is 11.4 Å². The molecule has 2 rings (SSSR count). The number of hydrogen-bond acceptors (Lipinski definition) is 3. The minimum Gasteiger partial charge on any atom is -0.389 e. The molecule has 1 aromatic rings. The predicted octanol–water partition coefficient (Wildman–Crippen LogP) is 2.41. The zero-order valence-electron chi connectivity index (χ0n) is 12.2. The van der Waals surface area contributed by atoms with Crippen LogP contribution in [0.1, 0.15) is 32.4 Å². The normalized spacial score (nSPS) is 21.5. The van der Waals surface area contributed by atoms with Gasteiger partial charge in [0.05, 0.1) is 6.10 Å². The van der Waals surface area contributed by atoms with E-state index in [9.17, 15) is 9.50 Å². The summed E-state index contributed by atoms with van der Waals surface area (Å²) < 4.78 is 13.9. The Balaban J connectivity index is 2.35. The van der Waals surface area contributed by atoms with Crippen molar-refractivity contribution in [3.63, 3.8) is 0 Å². The third-order valence-electron chi connectivity index (χ3n) is 4.10. The minimum absolute atomic E-state index is 0.0422. The molecule has 1 saturated heterocycles. The van der Waals surface area contributed by atoms with Crippen LogP contribution in [-0.4, -0.2) is 42.2 Å². The molecule has 1 aliphatic rings. The van der Waals surface area contributed by atoms with Gasteiger partial charge in [-0.25, -0.2) is 4.39 Å². The monoisotopic (exact) mass is 266 g/mol. The fraction of sp³-hybridized carbons (Fsp3) is 0.600. The van der Waals surface area contributed by atoms with E-state index in [4.69, 9.17) is 0 Å². The number of nitrogens with zero attached hydrogens (tertiary/aromatic N) is 2. The Kier molecular flexibility index (Phi) is 3.83. The first-order chi connectivity index (χ1) is 8.83. The zero-order valence-corrected chi connectivity index (χ0v) is 12.2. The summed E-state index contributed by atoms with van der Waals surface area (Å²) in [5.41, 5.74) is 1.26. The van der Waals surface area contributed by atoms with E-state index in [1.165, 1.54) is 6.07 Å². The molecular formula is C15H23FN2O. The van der Waals surface area contributed by atoms with E-state index in [1.807, 2.05) is 6.07 Å². The van der Waals surface area contributed by atoms with E-state index in [0.717, 1.165) is 25.3 Å². The molecule has 0 saturated carbocycles. The maximum Gasteiger partial charge on any atom is 0.131 e. The summed E-state index contributed by atoms with van der Waals surface area (Å²) >= 11 is 0. The molecule has 0 aromatic heterocycles. The van der Waals surface area contributed by atoms with Crippen LogP contribution in [-0.2, 0) is 0 Å². The van der Waals surface area contributed by atoms with Gasteiger partial charge in [0.25, 0.3) is 0 Å². The molecule has 1 aromatic carbocycles. The second-order valence-corrected chi connectivity index (χ2v) is 6.00. The van der Waals surface area contributed by atoms with Gasteiger partial charge in [-0.2, -0.15) is 0 Å². The smallest absolute Gasteiger partial charge is 0.131 e. The van der Waals surface area contributed by atoms with Crippen molar-refractivity contribution in [3.8, 4) is 0 Å². The SMILES string of the molecule is C[C@@H](O)c1c(F)cccc1N1CCN(C)C(C)(C)C1. The zero-order chi connectivity index (χ0) is 14.2. The lowest BCUT2D eigenvalue weighted by Crippen LogP contribution is -2.57. The summed E-state index contributed by atoms with van der Waals surface area (Å²) in [7, 11) is 2.11. The van der Waals surface area contributed by atoms with Gasteiger partial charge in [-0.1, -0.05) is 6.07 Å². The lowest BCUT2D eigenvalue weighted by molar-refractivity contribution is 0.138. The topological polar surface area (TPSA) is 26.7 Å². The predicted molar refractivity (Wildman–Crippen MR) is 76.0 cm³/mol. The molecule has 1 aliphatic heterocycles. The maximum atomic E-state index is 13.9. The van der Waals surface area contributed by atoms with Crippen molar-refractivity contribution >= 4 is 5.69 Å². The molecule has 0 spiro atoms. The number of piperazine rings is 1. The minimum atomic E-state index is -0.793. The molecule has 0 amide bonds. The molecular weight excluding hydrogens is 243 g/mol. The molecule has 0 bridgehead atoms. The van der Waals surface area contributed by atoms with Crippen molar-refractivity contribution in [2.24, 2.45) is 0 Å². The second-order valence-electron chi connectivity index (χ2n) is 6.00. The highest BCUT2D eigenvalue weighted by atomic mass is 19.1. The lowest BCUT2D eigenvalue weighted by atomic mass is 9.97.